The number of hydrogen-bond donors (Lipinski definition) is 2. The van der Waals surface area contributed by atoms with Crippen LogP contribution in [-0.2, 0) is 0 Å². The normalized spacial score (nSPS) is 9.67. The SMILES string of the molecule is C=CCOc1ccc(C(C)=O)c(O)c1O. The van der Waals surface area contributed by atoms with E-state index in [-0.39, 0.29) is 23.7 Å². The van der Waals surface area contributed by atoms with E-state index in [9.17, 15) is 15.0 Å². The van der Waals surface area contributed by atoms with Gasteiger partial charge in [0.2, 0.25) is 5.75 Å². The van der Waals surface area contributed by atoms with Crippen LogP contribution in [-0.4, -0.2) is 22.6 Å². The molecule has 0 saturated carbocycles. The summed E-state index contributed by atoms with van der Waals surface area (Å²) in [6.07, 6.45) is 1.51. The van der Waals surface area contributed by atoms with Crippen molar-refractivity contribution in [1.82, 2.24) is 0 Å². The van der Waals surface area contributed by atoms with Crippen molar-refractivity contribution in [2.24, 2.45) is 0 Å². The molecule has 0 atom stereocenters. The van der Waals surface area contributed by atoms with Crippen LogP contribution < -0.4 is 4.74 Å². The molecule has 4 heteroatoms. The predicted octanol–water partition coefficient (Wildman–Crippen LogP) is 1.87. The molecule has 0 unspecified atom stereocenters. The number of carbonyl (C=O) groups excluding carboxylic acids is 1. The van der Waals surface area contributed by atoms with Crippen molar-refractivity contribution in [3.8, 4) is 17.2 Å². The standard InChI is InChI=1S/C11H12O4/c1-3-6-15-9-5-4-8(7(2)12)10(13)11(9)14/h3-5,13-14H,1,6H2,2H3. The highest BCUT2D eigenvalue weighted by atomic mass is 16.5. The van der Waals surface area contributed by atoms with Crippen LogP contribution in [0.5, 0.6) is 17.2 Å². The molecule has 0 radical (unpaired) electrons. The third kappa shape index (κ3) is 2.28. The van der Waals surface area contributed by atoms with E-state index < -0.39 is 11.5 Å². The monoisotopic (exact) mass is 208 g/mol. The zero-order chi connectivity index (χ0) is 11.4. The molecular weight excluding hydrogens is 196 g/mol. The van der Waals surface area contributed by atoms with Crippen LogP contribution in [0.25, 0.3) is 0 Å². The lowest BCUT2D eigenvalue weighted by atomic mass is 10.1. The summed E-state index contributed by atoms with van der Waals surface area (Å²) in [5.41, 5.74) is 0.0680. The Kier molecular flexibility index (Phi) is 3.33. The Balaban J connectivity index is 3.09. The highest BCUT2D eigenvalue weighted by Crippen LogP contribution is 2.38. The number of Topliss-reactive ketones (excluding diaryl/α,β-unsaturated/α-hetero) is 1. The number of rotatable bonds is 4. The van der Waals surface area contributed by atoms with E-state index in [2.05, 4.69) is 6.58 Å². The average Bonchev–Trinajstić information content (AvgIpc) is 2.20. The number of phenolic OH excluding ortho intramolecular Hbond substituents is 2. The Morgan fingerprint density at radius 2 is 2.13 bits per heavy atom. The van der Waals surface area contributed by atoms with Gasteiger partial charge in [-0.15, -0.1) is 0 Å². The number of hydrogen-bond acceptors (Lipinski definition) is 4. The molecule has 0 heterocycles. The van der Waals surface area contributed by atoms with Crippen molar-refractivity contribution in [2.75, 3.05) is 6.61 Å². The van der Waals surface area contributed by atoms with E-state index in [1.807, 2.05) is 0 Å². The third-order valence-electron chi connectivity index (χ3n) is 1.85. The highest BCUT2D eigenvalue weighted by molar-refractivity contribution is 5.97. The molecule has 0 aromatic heterocycles. The van der Waals surface area contributed by atoms with E-state index in [4.69, 9.17) is 4.74 Å². The van der Waals surface area contributed by atoms with E-state index in [0.29, 0.717) is 0 Å². The van der Waals surface area contributed by atoms with Crippen molar-refractivity contribution in [1.29, 1.82) is 0 Å². The first-order valence-corrected chi connectivity index (χ1v) is 4.37. The molecule has 0 fully saturated rings. The van der Waals surface area contributed by atoms with Gasteiger partial charge < -0.3 is 14.9 Å². The molecule has 1 rings (SSSR count). The number of benzene rings is 1. The summed E-state index contributed by atoms with van der Waals surface area (Å²) in [6.45, 7) is 4.97. The lowest BCUT2D eigenvalue weighted by Crippen LogP contribution is -1.97. The zero-order valence-corrected chi connectivity index (χ0v) is 8.36. The molecule has 4 nitrogen and oxygen atoms in total. The summed E-state index contributed by atoms with van der Waals surface area (Å²) in [7, 11) is 0. The molecule has 0 bridgehead atoms. The van der Waals surface area contributed by atoms with Crippen molar-refractivity contribution in [2.45, 2.75) is 6.92 Å². The lowest BCUT2D eigenvalue weighted by Gasteiger charge is -2.09. The van der Waals surface area contributed by atoms with Crippen molar-refractivity contribution in [3.63, 3.8) is 0 Å². The molecular formula is C11H12O4. The average molecular weight is 208 g/mol. The fraction of sp³-hybridized carbons (Fsp3) is 0.182. The van der Waals surface area contributed by atoms with Crippen LogP contribution in [0.3, 0.4) is 0 Å². The first-order valence-electron chi connectivity index (χ1n) is 4.37. The molecule has 0 aliphatic carbocycles. The maximum atomic E-state index is 11.0. The molecule has 0 spiro atoms. The van der Waals surface area contributed by atoms with Crippen molar-refractivity contribution < 1.29 is 19.7 Å². The molecule has 0 aliphatic heterocycles. The highest BCUT2D eigenvalue weighted by Gasteiger charge is 2.14. The minimum Gasteiger partial charge on any atom is -0.504 e. The van der Waals surface area contributed by atoms with E-state index >= 15 is 0 Å². The number of ketones is 1. The van der Waals surface area contributed by atoms with Gasteiger partial charge in [0, 0.05) is 0 Å². The molecule has 1 aromatic rings. The van der Waals surface area contributed by atoms with Gasteiger partial charge in [-0.3, -0.25) is 4.79 Å². The summed E-state index contributed by atoms with van der Waals surface area (Å²) in [4.78, 5) is 11.0. The molecule has 1 aromatic carbocycles. The fourth-order valence-electron chi connectivity index (χ4n) is 1.11. The Labute approximate surface area is 87.4 Å². The van der Waals surface area contributed by atoms with Crippen LogP contribution >= 0.6 is 0 Å². The molecule has 2 N–H and O–H groups in total. The van der Waals surface area contributed by atoms with Crippen LogP contribution in [0, 0.1) is 0 Å². The molecule has 0 saturated heterocycles. The summed E-state index contributed by atoms with van der Waals surface area (Å²) in [6, 6.07) is 2.82. The maximum absolute atomic E-state index is 11.0. The van der Waals surface area contributed by atoms with E-state index in [0.717, 1.165) is 0 Å². The molecule has 80 valence electrons. The first-order chi connectivity index (χ1) is 7.07. The topological polar surface area (TPSA) is 66.8 Å². The van der Waals surface area contributed by atoms with Crippen molar-refractivity contribution in [3.05, 3.63) is 30.4 Å². The van der Waals surface area contributed by atoms with E-state index in [1.54, 1.807) is 0 Å². The maximum Gasteiger partial charge on any atom is 0.201 e. The second kappa shape index (κ2) is 4.50. The van der Waals surface area contributed by atoms with Gasteiger partial charge in [0.1, 0.15) is 6.61 Å². The predicted molar refractivity (Wildman–Crippen MR) is 55.5 cm³/mol. The van der Waals surface area contributed by atoms with Crippen molar-refractivity contribution >= 4 is 5.78 Å². The van der Waals surface area contributed by atoms with Gasteiger partial charge in [-0.2, -0.15) is 0 Å². The minimum atomic E-state index is -0.455. The quantitative estimate of drug-likeness (QED) is 0.450. The van der Waals surface area contributed by atoms with Gasteiger partial charge in [-0.05, 0) is 19.1 Å². The second-order valence-corrected chi connectivity index (χ2v) is 2.96. The van der Waals surface area contributed by atoms with Gasteiger partial charge in [0.05, 0.1) is 5.56 Å². The van der Waals surface area contributed by atoms with E-state index in [1.165, 1.54) is 25.1 Å². The Morgan fingerprint density at radius 1 is 1.47 bits per heavy atom. The molecule has 0 aliphatic rings. The first kappa shape index (κ1) is 11.1. The van der Waals surface area contributed by atoms with Crippen LogP contribution in [0.2, 0.25) is 0 Å². The second-order valence-electron chi connectivity index (χ2n) is 2.96. The number of aromatic hydroxyl groups is 2. The molecule has 15 heavy (non-hydrogen) atoms. The lowest BCUT2D eigenvalue weighted by molar-refractivity contribution is 0.101. The number of ether oxygens (including phenoxy) is 1. The molecule has 0 amide bonds. The fourth-order valence-corrected chi connectivity index (χ4v) is 1.11. The third-order valence-corrected chi connectivity index (χ3v) is 1.85. The van der Waals surface area contributed by atoms with Gasteiger partial charge in [0.15, 0.2) is 17.3 Å². The van der Waals surface area contributed by atoms with Gasteiger partial charge >= 0.3 is 0 Å². The van der Waals surface area contributed by atoms with Gasteiger partial charge in [-0.25, -0.2) is 0 Å². The zero-order valence-electron chi connectivity index (χ0n) is 8.36. The van der Waals surface area contributed by atoms with Crippen LogP contribution in [0.4, 0.5) is 0 Å². The smallest absolute Gasteiger partial charge is 0.201 e. The summed E-state index contributed by atoms with van der Waals surface area (Å²) in [5, 5.41) is 19.0. The summed E-state index contributed by atoms with van der Waals surface area (Å²) in [5.74, 6) is -1.08. The van der Waals surface area contributed by atoms with Crippen LogP contribution in [0.1, 0.15) is 17.3 Å². The Bertz CT molecular complexity index is 396. The number of carbonyl (C=O) groups is 1. The Morgan fingerprint density at radius 3 is 2.67 bits per heavy atom. The number of phenols is 2. The minimum absolute atomic E-state index is 0.0680. The summed E-state index contributed by atoms with van der Waals surface area (Å²) < 4.78 is 5.06. The van der Waals surface area contributed by atoms with Gasteiger partial charge in [-0.1, -0.05) is 12.7 Å². The summed E-state index contributed by atoms with van der Waals surface area (Å²) >= 11 is 0. The Hall–Kier alpha value is -1.97. The van der Waals surface area contributed by atoms with Crippen LogP contribution in [0.15, 0.2) is 24.8 Å². The largest absolute Gasteiger partial charge is 0.504 e. The van der Waals surface area contributed by atoms with Gasteiger partial charge in [0.25, 0.3) is 0 Å².